The van der Waals surface area contributed by atoms with Gasteiger partial charge in [-0.3, -0.25) is 9.69 Å². The highest BCUT2D eigenvalue weighted by Gasteiger charge is 2.21. The van der Waals surface area contributed by atoms with Gasteiger partial charge in [0.05, 0.1) is 18.7 Å². The summed E-state index contributed by atoms with van der Waals surface area (Å²) >= 11 is 2.20. The van der Waals surface area contributed by atoms with E-state index >= 15 is 0 Å². The molecular weight excluding hydrogens is 441 g/mol. The Hall–Kier alpha value is -1.77. The van der Waals surface area contributed by atoms with Crippen LogP contribution in [0.4, 0.5) is 0 Å². The average Bonchev–Trinajstić information content (AvgIpc) is 3.06. The van der Waals surface area contributed by atoms with Crippen molar-refractivity contribution in [1.29, 1.82) is 0 Å². The van der Waals surface area contributed by atoms with E-state index in [1.807, 2.05) is 53.1 Å². The molecule has 6 heteroatoms. The van der Waals surface area contributed by atoms with Crippen LogP contribution in [-0.4, -0.2) is 52.9 Å². The second kappa shape index (κ2) is 7.85. The van der Waals surface area contributed by atoms with E-state index in [9.17, 15) is 4.79 Å². The molecule has 0 aliphatic carbocycles. The molecule has 4 rings (SSSR count). The first-order valence-electron chi connectivity index (χ1n) is 8.79. The summed E-state index contributed by atoms with van der Waals surface area (Å²) in [4.78, 5) is 20.2. The van der Waals surface area contributed by atoms with Crippen LogP contribution < -0.4 is 0 Å². The molecule has 134 valence electrons. The number of hydrogen-bond acceptors (Lipinski definition) is 4. The summed E-state index contributed by atoms with van der Waals surface area (Å²) < 4.78 is 8.40. The van der Waals surface area contributed by atoms with E-state index in [0.29, 0.717) is 11.3 Å². The summed E-state index contributed by atoms with van der Waals surface area (Å²) in [7, 11) is 0. The maximum atomic E-state index is 13.1. The second-order valence-electron chi connectivity index (χ2n) is 6.35. The number of nitrogens with zero attached hydrogens (tertiary/aromatic N) is 3. The van der Waals surface area contributed by atoms with Crippen molar-refractivity contribution in [2.75, 3.05) is 32.8 Å². The molecule has 1 aromatic carbocycles. The van der Waals surface area contributed by atoms with Gasteiger partial charge in [0.25, 0.3) is 0 Å². The predicted octanol–water partition coefficient (Wildman–Crippen LogP) is 3.04. The molecule has 0 unspecified atom stereocenters. The van der Waals surface area contributed by atoms with Crippen LogP contribution in [0.2, 0.25) is 0 Å². The molecule has 0 spiro atoms. The first-order valence-corrected chi connectivity index (χ1v) is 9.87. The highest BCUT2D eigenvalue weighted by Crippen LogP contribution is 2.21. The number of carbonyl (C=O) groups excluding carboxylic acids is 1. The summed E-state index contributed by atoms with van der Waals surface area (Å²) in [6, 6.07) is 13.6. The van der Waals surface area contributed by atoms with Crippen molar-refractivity contribution in [2.24, 2.45) is 0 Å². The lowest BCUT2D eigenvalue weighted by molar-refractivity contribution is 0.0382. The number of imidazole rings is 1. The Morgan fingerprint density at radius 1 is 1.12 bits per heavy atom. The molecular formula is C20H20IN3O2. The van der Waals surface area contributed by atoms with Gasteiger partial charge < -0.3 is 9.14 Å². The predicted molar refractivity (Wildman–Crippen MR) is 109 cm³/mol. The molecule has 0 bridgehead atoms. The zero-order chi connectivity index (χ0) is 17.9. The monoisotopic (exact) mass is 461 g/mol. The zero-order valence-electron chi connectivity index (χ0n) is 14.4. The number of pyridine rings is 1. The molecule has 0 N–H and O–H groups in total. The molecule has 1 aliphatic rings. The van der Waals surface area contributed by atoms with Crippen LogP contribution in [0.3, 0.4) is 0 Å². The summed E-state index contributed by atoms with van der Waals surface area (Å²) in [6.07, 6.45) is 2.80. The normalized spacial score (nSPS) is 15.4. The third kappa shape index (κ3) is 3.54. The Balaban J connectivity index is 1.65. The number of benzene rings is 1. The van der Waals surface area contributed by atoms with Crippen molar-refractivity contribution in [3.05, 3.63) is 69.3 Å². The van der Waals surface area contributed by atoms with Crippen molar-refractivity contribution in [3.8, 4) is 0 Å². The molecule has 3 aromatic rings. The lowest BCUT2D eigenvalue weighted by Crippen LogP contribution is -2.37. The van der Waals surface area contributed by atoms with E-state index in [1.165, 1.54) is 0 Å². The van der Waals surface area contributed by atoms with Gasteiger partial charge in [-0.05, 0) is 46.9 Å². The van der Waals surface area contributed by atoms with E-state index < -0.39 is 0 Å². The number of rotatable bonds is 5. The number of ketones is 1. The van der Waals surface area contributed by atoms with Gasteiger partial charge in [0.2, 0.25) is 5.78 Å². The van der Waals surface area contributed by atoms with Crippen molar-refractivity contribution in [1.82, 2.24) is 14.3 Å². The quantitative estimate of drug-likeness (QED) is 0.433. The van der Waals surface area contributed by atoms with Gasteiger partial charge in [0.15, 0.2) is 0 Å². The number of aromatic nitrogens is 2. The molecule has 2 aromatic heterocycles. The maximum Gasteiger partial charge on any atom is 0.214 e. The van der Waals surface area contributed by atoms with E-state index in [1.54, 1.807) is 0 Å². The Morgan fingerprint density at radius 3 is 2.69 bits per heavy atom. The largest absolute Gasteiger partial charge is 0.379 e. The number of morpholine rings is 1. The fraction of sp³-hybridized carbons (Fsp3) is 0.300. The number of ether oxygens (including phenoxy) is 1. The molecule has 26 heavy (non-hydrogen) atoms. The molecule has 1 saturated heterocycles. The third-order valence-corrected chi connectivity index (χ3v) is 5.65. The molecule has 0 saturated carbocycles. The zero-order valence-corrected chi connectivity index (χ0v) is 16.6. The number of hydrogen-bond donors (Lipinski definition) is 0. The molecule has 1 fully saturated rings. The van der Waals surface area contributed by atoms with Crippen LogP contribution in [0.15, 0.2) is 48.7 Å². The molecule has 3 heterocycles. The summed E-state index contributed by atoms with van der Waals surface area (Å²) in [5, 5.41) is 0. The molecule has 0 atom stereocenters. The number of carbonyl (C=O) groups is 1. The van der Waals surface area contributed by atoms with Crippen molar-refractivity contribution >= 4 is 33.9 Å². The standard InChI is InChI=1S/C20H20IN3O2/c21-16-6-2-1-5-15(16)20(25)19-17-7-3-4-9-24(17)18(22-19)8-10-23-11-13-26-14-12-23/h1-7,9H,8,10-14H2. The highest BCUT2D eigenvalue weighted by atomic mass is 127. The minimum atomic E-state index is -0.0173. The van der Waals surface area contributed by atoms with Gasteiger partial charge in [-0.1, -0.05) is 18.2 Å². The molecule has 0 amide bonds. The first kappa shape index (κ1) is 17.6. The number of halogens is 1. The van der Waals surface area contributed by atoms with Crippen LogP contribution in [0.5, 0.6) is 0 Å². The Bertz CT molecular complexity index is 932. The van der Waals surface area contributed by atoms with Crippen LogP contribution >= 0.6 is 22.6 Å². The van der Waals surface area contributed by atoms with Crippen LogP contribution in [0.1, 0.15) is 21.9 Å². The van der Waals surface area contributed by atoms with Crippen LogP contribution in [0.25, 0.3) is 5.52 Å². The SMILES string of the molecule is O=C(c1ccccc1I)c1nc(CCN2CCOCC2)n2ccccc12. The highest BCUT2D eigenvalue weighted by molar-refractivity contribution is 14.1. The van der Waals surface area contributed by atoms with Gasteiger partial charge in [-0.15, -0.1) is 0 Å². The Labute approximate surface area is 166 Å². The molecule has 0 radical (unpaired) electrons. The van der Waals surface area contributed by atoms with E-state index in [-0.39, 0.29) is 5.78 Å². The van der Waals surface area contributed by atoms with Gasteiger partial charge in [0, 0.05) is 41.4 Å². The fourth-order valence-corrected chi connectivity index (χ4v) is 3.93. The minimum Gasteiger partial charge on any atom is -0.379 e. The number of fused-ring (bicyclic) bond motifs is 1. The summed E-state index contributed by atoms with van der Waals surface area (Å²) in [5.41, 5.74) is 2.11. The van der Waals surface area contributed by atoms with Gasteiger partial charge in [0.1, 0.15) is 11.5 Å². The topological polar surface area (TPSA) is 46.8 Å². The van der Waals surface area contributed by atoms with Gasteiger partial charge in [-0.25, -0.2) is 4.98 Å². The van der Waals surface area contributed by atoms with Crippen molar-refractivity contribution < 1.29 is 9.53 Å². The van der Waals surface area contributed by atoms with E-state index in [0.717, 1.165) is 54.2 Å². The van der Waals surface area contributed by atoms with Crippen molar-refractivity contribution in [2.45, 2.75) is 6.42 Å². The third-order valence-electron chi connectivity index (χ3n) is 4.71. The smallest absolute Gasteiger partial charge is 0.214 e. The van der Waals surface area contributed by atoms with Gasteiger partial charge >= 0.3 is 0 Å². The van der Waals surface area contributed by atoms with Gasteiger partial charge in [-0.2, -0.15) is 0 Å². The van der Waals surface area contributed by atoms with E-state index in [2.05, 4.69) is 27.5 Å². The molecule has 5 nitrogen and oxygen atoms in total. The van der Waals surface area contributed by atoms with Crippen LogP contribution in [-0.2, 0) is 11.2 Å². The summed E-state index contributed by atoms with van der Waals surface area (Å²) in [6.45, 7) is 4.42. The fourth-order valence-electron chi connectivity index (χ4n) is 3.30. The summed E-state index contributed by atoms with van der Waals surface area (Å²) in [5.74, 6) is 0.915. The molecule has 1 aliphatic heterocycles. The average molecular weight is 461 g/mol. The maximum absolute atomic E-state index is 13.1. The van der Waals surface area contributed by atoms with Crippen molar-refractivity contribution in [3.63, 3.8) is 0 Å². The minimum absolute atomic E-state index is 0.0173. The van der Waals surface area contributed by atoms with E-state index in [4.69, 9.17) is 9.72 Å². The Kier molecular flexibility index (Phi) is 5.33. The van der Waals surface area contributed by atoms with Crippen LogP contribution in [0, 0.1) is 3.57 Å². The second-order valence-corrected chi connectivity index (χ2v) is 7.51. The first-order chi connectivity index (χ1) is 12.7. The lowest BCUT2D eigenvalue weighted by Gasteiger charge is -2.26. The Morgan fingerprint density at radius 2 is 1.88 bits per heavy atom. The lowest BCUT2D eigenvalue weighted by atomic mass is 10.1.